The summed E-state index contributed by atoms with van der Waals surface area (Å²) in [5, 5.41) is -0.103. The van der Waals surface area contributed by atoms with E-state index in [0.29, 0.717) is 6.61 Å². The molecule has 0 amide bonds. The van der Waals surface area contributed by atoms with E-state index in [0.717, 1.165) is 18.4 Å². The molecule has 1 atom stereocenters. The van der Waals surface area contributed by atoms with Crippen LogP contribution in [0.5, 0.6) is 0 Å². The van der Waals surface area contributed by atoms with Gasteiger partial charge in [0.25, 0.3) is 0 Å². The van der Waals surface area contributed by atoms with E-state index in [1.54, 1.807) is 0 Å². The van der Waals surface area contributed by atoms with E-state index >= 15 is 0 Å². The molecule has 1 aliphatic heterocycles. The Kier molecular flexibility index (Phi) is 3.20. The van der Waals surface area contributed by atoms with Crippen molar-refractivity contribution >= 4 is 9.84 Å². The molecule has 0 N–H and O–H groups in total. The highest BCUT2D eigenvalue weighted by Gasteiger charge is 2.26. The van der Waals surface area contributed by atoms with Gasteiger partial charge in [0.05, 0.1) is 11.9 Å². The number of ether oxygens (including phenoxy) is 1. The molecule has 1 aromatic rings. The molecule has 2 rings (SSSR count). The van der Waals surface area contributed by atoms with Crippen molar-refractivity contribution in [3.8, 4) is 0 Å². The van der Waals surface area contributed by atoms with Crippen molar-refractivity contribution in [2.24, 2.45) is 0 Å². The van der Waals surface area contributed by atoms with Gasteiger partial charge in [-0.05, 0) is 25.3 Å². The molecule has 16 heavy (non-hydrogen) atoms. The number of rotatable bonds is 3. The van der Waals surface area contributed by atoms with Gasteiger partial charge in [0.1, 0.15) is 0 Å². The Morgan fingerprint density at radius 3 is 2.69 bits per heavy atom. The molecule has 0 aliphatic carbocycles. The second-order valence-electron chi connectivity index (χ2n) is 3.96. The van der Waals surface area contributed by atoms with Crippen molar-refractivity contribution in [1.82, 2.24) is 9.97 Å². The average molecular weight is 242 g/mol. The normalized spacial score (nSPS) is 21.2. The van der Waals surface area contributed by atoms with Crippen LogP contribution in [0.2, 0.25) is 0 Å². The minimum Gasteiger partial charge on any atom is -0.377 e. The van der Waals surface area contributed by atoms with Crippen LogP contribution in [0, 0.1) is 6.92 Å². The molecule has 88 valence electrons. The van der Waals surface area contributed by atoms with Crippen molar-refractivity contribution in [2.45, 2.75) is 31.0 Å². The molecule has 5 nitrogen and oxygen atoms in total. The number of nitrogens with zero attached hydrogens (tertiary/aromatic N) is 2. The summed E-state index contributed by atoms with van der Waals surface area (Å²) < 4.78 is 29.1. The highest BCUT2D eigenvalue weighted by Crippen LogP contribution is 2.16. The Labute approximate surface area is 94.8 Å². The quantitative estimate of drug-likeness (QED) is 0.731. The minimum atomic E-state index is -3.41. The molecule has 0 bridgehead atoms. The number of sulfone groups is 1. The summed E-state index contributed by atoms with van der Waals surface area (Å²) in [6.45, 7) is 2.46. The molecule has 6 heteroatoms. The van der Waals surface area contributed by atoms with Crippen LogP contribution in [0.3, 0.4) is 0 Å². The highest BCUT2D eigenvalue weighted by atomic mass is 32.2. The summed E-state index contributed by atoms with van der Waals surface area (Å²) in [5.74, 6) is -0.0178. The summed E-state index contributed by atoms with van der Waals surface area (Å²) in [5.41, 5.74) is 0.844. The lowest BCUT2D eigenvalue weighted by Crippen LogP contribution is -2.21. The summed E-state index contributed by atoms with van der Waals surface area (Å²) in [6, 6.07) is 0. The maximum atomic E-state index is 11.9. The van der Waals surface area contributed by atoms with Gasteiger partial charge in [-0.2, -0.15) is 0 Å². The number of aromatic nitrogens is 2. The second kappa shape index (κ2) is 4.47. The third kappa shape index (κ3) is 2.56. The fourth-order valence-corrected chi connectivity index (χ4v) is 2.96. The van der Waals surface area contributed by atoms with E-state index in [1.807, 2.05) is 6.92 Å². The van der Waals surface area contributed by atoms with Gasteiger partial charge in [-0.3, -0.25) is 0 Å². The fourth-order valence-electron chi connectivity index (χ4n) is 1.64. The topological polar surface area (TPSA) is 69.2 Å². The molecule has 0 spiro atoms. The predicted octanol–water partition coefficient (Wildman–Crippen LogP) is 0.738. The van der Waals surface area contributed by atoms with Gasteiger partial charge >= 0.3 is 0 Å². The van der Waals surface area contributed by atoms with Gasteiger partial charge in [-0.15, -0.1) is 0 Å². The van der Waals surface area contributed by atoms with E-state index in [-0.39, 0.29) is 17.0 Å². The first-order valence-electron chi connectivity index (χ1n) is 5.21. The average Bonchev–Trinajstić information content (AvgIpc) is 2.70. The molecular formula is C10H14N2O3S. The van der Waals surface area contributed by atoms with Crippen molar-refractivity contribution < 1.29 is 13.2 Å². The van der Waals surface area contributed by atoms with Gasteiger partial charge in [-0.1, -0.05) is 0 Å². The third-order valence-corrected chi connectivity index (χ3v) is 4.04. The molecule has 1 aliphatic rings. The Morgan fingerprint density at radius 1 is 1.44 bits per heavy atom. The first-order chi connectivity index (χ1) is 7.58. The SMILES string of the molecule is Cc1cnc(S(=O)(=O)C[C@@H]2CCCO2)nc1. The summed E-state index contributed by atoms with van der Waals surface area (Å²) in [6.07, 6.45) is 4.54. The lowest BCUT2D eigenvalue weighted by Gasteiger charge is -2.08. The van der Waals surface area contributed by atoms with Crippen molar-refractivity contribution in [3.05, 3.63) is 18.0 Å². The maximum absolute atomic E-state index is 11.9. The molecule has 1 fully saturated rings. The first-order valence-corrected chi connectivity index (χ1v) is 6.86. The van der Waals surface area contributed by atoms with E-state index in [2.05, 4.69) is 9.97 Å². The maximum Gasteiger partial charge on any atom is 0.247 e. The number of hydrogen-bond acceptors (Lipinski definition) is 5. The van der Waals surface area contributed by atoms with Gasteiger partial charge in [-0.25, -0.2) is 18.4 Å². The number of aryl methyl sites for hydroxylation is 1. The van der Waals surface area contributed by atoms with Crippen molar-refractivity contribution in [3.63, 3.8) is 0 Å². The standard InChI is InChI=1S/C10H14N2O3S/c1-8-5-11-10(12-6-8)16(13,14)7-9-3-2-4-15-9/h5-6,9H,2-4,7H2,1H3/t9-/m0/s1. The van der Waals surface area contributed by atoms with Crippen LogP contribution in [0.15, 0.2) is 17.6 Å². The minimum absolute atomic E-state index is 0.0178. The van der Waals surface area contributed by atoms with Crippen LogP contribution in [0.25, 0.3) is 0 Å². The molecule has 0 unspecified atom stereocenters. The van der Waals surface area contributed by atoms with E-state index < -0.39 is 9.84 Å². The van der Waals surface area contributed by atoms with Crippen LogP contribution >= 0.6 is 0 Å². The summed E-state index contributed by atoms with van der Waals surface area (Å²) in [4.78, 5) is 7.67. The van der Waals surface area contributed by atoms with Crippen LogP contribution in [-0.4, -0.2) is 36.8 Å². The van der Waals surface area contributed by atoms with Gasteiger partial charge in [0, 0.05) is 19.0 Å². The Hall–Kier alpha value is -1.01. The molecule has 1 aromatic heterocycles. The van der Waals surface area contributed by atoms with E-state index in [4.69, 9.17) is 4.74 Å². The molecule has 1 saturated heterocycles. The molecule has 2 heterocycles. The smallest absolute Gasteiger partial charge is 0.247 e. The zero-order valence-electron chi connectivity index (χ0n) is 9.09. The molecule has 0 radical (unpaired) electrons. The van der Waals surface area contributed by atoms with Gasteiger partial charge in [0.15, 0.2) is 0 Å². The van der Waals surface area contributed by atoms with Crippen molar-refractivity contribution in [1.29, 1.82) is 0 Å². The predicted molar refractivity (Wildman–Crippen MR) is 57.8 cm³/mol. The fraction of sp³-hybridized carbons (Fsp3) is 0.600. The summed E-state index contributed by atoms with van der Waals surface area (Å²) in [7, 11) is -3.41. The van der Waals surface area contributed by atoms with Crippen LogP contribution < -0.4 is 0 Å². The third-order valence-electron chi connectivity index (χ3n) is 2.46. The number of hydrogen-bond donors (Lipinski definition) is 0. The second-order valence-corrected chi connectivity index (χ2v) is 5.89. The Bertz CT molecular complexity index is 449. The zero-order chi connectivity index (χ0) is 11.6. The monoisotopic (exact) mass is 242 g/mol. The van der Waals surface area contributed by atoms with E-state index in [9.17, 15) is 8.42 Å². The Morgan fingerprint density at radius 2 is 2.12 bits per heavy atom. The Balaban J connectivity index is 2.14. The zero-order valence-corrected chi connectivity index (χ0v) is 9.90. The summed E-state index contributed by atoms with van der Waals surface area (Å²) >= 11 is 0. The van der Waals surface area contributed by atoms with Crippen LogP contribution in [0.4, 0.5) is 0 Å². The van der Waals surface area contributed by atoms with Crippen LogP contribution in [0.1, 0.15) is 18.4 Å². The highest BCUT2D eigenvalue weighted by molar-refractivity contribution is 7.91. The van der Waals surface area contributed by atoms with Gasteiger partial charge < -0.3 is 4.74 Å². The lowest BCUT2D eigenvalue weighted by atomic mass is 10.3. The van der Waals surface area contributed by atoms with Crippen molar-refractivity contribution in [2.75, 3.05) is 12.4 Å². The molecule has 0 aromatic carbocycles. The first kappa shape index (κ1) is 11.5. The molecule has 0 saturated carbocycles. The van der Waals surface area contributed by atoms with Crippen LogP contribution in [-0.2, 0) is 14.6 Å². The lowest BCUT2D eigenvalue weighted by molar-refractivity contribution is 0.127. The largest absolute Gasteiger partial charge is 0.377 e. The van der Waals surface area contributed by atoms with Gasteiger partial charge in [0.2, 0.25) is 15.0 Å². The van der Waals surface area contributed by atoms with E-state index in [1.165, 1.54) is 12.4 Å². The molecular weight excluding hydrogens is 228 g/mol.